The Bertz CT molecular complexity index is 2280. The van der Waals surface area contributed by atoms with E-state index in [1.165, 1.54) is 27.8 Å². The van der Waals surface area contributed by atoms with Crippen LogP contribution >= 0.6 is 0 Å². The molecule has 0 atom stereocenters. The van der Waals surface area contributed by atoms with Crippen LogP contribution in [0.5, 0.6) is 11.5 Å². The van der Waals surface area contributed by atoms with Crippen molar-refractivity contribution in [3.05, 3.63) is 163 Å². The van der Waals surface area contributed by atoms with Gasteiger partial charge in [0, 0.05) is 33.3 Å². The standard InChI is InChI=1S/C43H31NO/c1-43(2)37-22-12-10-19-33(37)34-25-24-30(27-38(34)43)44(29-15-4-3-5-16-29)39-26-28-14-6-7-17-31(28)42-41(39)36-21-9-8-18-32(36)35-20-11-13-23-40(35)45-42/h3-27H,1-2H3. The van der Waals surface area contributed by atoms with Crippen molar-refractivity contribution in [3.8, 4) is 44.9 Å². The molecule has 45 heavy (non-hydrogen) atoms. The van der Waals surface area contributed by atoms with E-state index in [4.69, 9.17) is 4.74 Å². The zero-order chi connectivity index (χ0) is 30.1. The minimum Gasteiger partial charge on any atom is -0.455 e. The summed E-state index contributed by atoms with van der Waals surface area (Å²) in [6.45, 7) is 4.69. The lowest BCUT2D eigenvalue weighted by molar-refractivity contribution is 0.493. The average Bonchev–Trinajstić information content (AvgIpc) is 3.21. The van der Waals surface area contributed by atoms with Gasteiger partial charge < -0.3 is 9.64 Å². The van der Waals surface area contributed by atoms with Gasteiger partial charge in [-0.25, -0.2) is 0 Å². The average molecular weight is 578 g/mol. The van der Waals surface area contributed by atoms with Crippen molar-refractivity contribution in [3.63, 3.8) is 0 Å². The van der Waals surface area contributed by atoms with Crippen molar-refractivity contribution in [1.29, 1.82) is 0 Å². The largest absolute Gasteiger partial charge is 0.455 e. The summed E-state index contributed by atoms with van der Waals surface area (Å²) in [5.74, 6) is 1.75. The van der Waals surface area contributed by atoms with Gasteiger partial charge in [0.25, 0.3) is 0 Å². The van der Waals surface area contributed by atoms with Gasteiger partial charge >= 0.3 is 0 Å². The first-order valence-electron chi connectivity index (χ1n) is 15.6. The SMILES string of the molecule is CC1(C)c2ccccc2-c2ccc(N(c3ccccc3)c3cc4ccccc4c4c3-c3ccccc3-c3ccccc3O4)cc21. The first-order valence-corrected chi connectivity index (χ1v) is 15.6. The first-order chi connectivity index (χ1) is 22.1. The topological polar surface area (TPSA) is 12.5 Å². The third-order valence-electron chi connectivity index (χ3n) is 9.65. The van der Waals surface area contributed by atoms with E-state index in [-0.39, 0.29) is 5.41 Å². The third-order valence-corrected chi connectivity index (χ3v) is 9.65. The maximum absolute atomic E-state index is 6.98. The van der Waals surface area contributed by atoms with E-state index in [0.29, 0.717) is 0 Å². The Kier molecular flexibility index (Phi) is 5.58. The summed E-state index contributed by atoms with van der Waals surface area (Å²) in [6.07, 6.45) is 0. The van der Waals surface area contributed by atoms with Gasteiger partial charge in [0.1, 0.15) is 11.5 Å². The fourth-order valence-electron chi connectivity index (χ4n) is 7.50. The molecule has 0 bridgehead atoms. The predicted octanol–water partition coefficient (Wildman–Crippen LogP) is 12.1. The highest BCUT2D eigenvalue weighted by atomic mass is 16.5. The highest BCUT2D eigenvalue weighted by Crippen LogP contribution is 2.56. The Morgan fingerprint density at radius 1 is 0.489 bits per heavy atom. The smallest absolute Gasteiger partial charge is 0.145 e. The van der Waals surface area contributed by atoms with Crippen molar-refractivity contribution >= 4 is 27.8 Å². The van der Waals surface area contributed by atoms with E-state index in [9.17, 15) is 0 Å². The quantitative estimate of drug-likeness (QED) is 0.207. The van der Waals surface area contributed by atoms with Crippen molar-refractivity contribution in [2.75, 3.05) is 4.90 Å². The summed E-state index contributed by atoms with van der Waals surface area (Å²) in [4.78, 5) is 2.42. The Morgan fingerprint density at radius 2 is 1.13 bits per heavy atom. The monoisotopic (exact) mass is 577 g/mol. The van der Waals surface area contributed by atoms with E-state index in [2.05, 4.69) is 170 Å². The van der Waals surface area contributed by atoms with Gasteiger partial charge in [-0.3, -0.25) is 0 Å². The van der Waals surface area contributed by atoms with Crippen molar-refractivity contribution in [2.24, 2.45) is 0 Å². The van der Waals surface area contributed by atoms with Crippen LogP contribution in [-0.2, 0) is 5.41 Å². The van der Waals surface area contributed by atoms with Gasteiger partial charge in [-0.2, -0.15) is 0 Å². The molecule has 2 aliphatic rings. The van der Waals surface area contributed by atoms with Crippen LogP contribution in [0.2, 0.25) is 0 Å². The summed E-state index contributed by atoms with van der Waals surface area (Å²) in [7, 11) is 0. The Labute approximate surface area is 263 Å². The second kappa shape index (κ2) is 9.70. The first kappa shape index (κ1) is 25.9. The molecular weight excluding hydrogens is 546 g/mol. The Hall–Kier alpha value is -5.60. The van der Waals surface area contributed by atoms with E-state index in [0.717, 1.165) is 56.0 Å². The second-order valence-electron chi connectivity index (χ2n) is 12.5. The lowest BCUT2D eigenvalue weighted by Gasteiger charge is -2.31. The second-order valence-corrected chi connectivity index (χ2v) is 12.5. The maximum Gasteiger partial charge on any atom is 0.145 e. The fraction of sp³-hybridized carbons (Fsp3) is 0.0698. The van der Waals surface area contributed by atoms with Gasteiger partial charge in [-0.05, 0) is 75.2 Å². The molecule has 0 radical (unpaired) electrons. The number of para-hydroxylation sites is 2. The van der Waals surface area contributed by atoms with Crippen LogP contribution in [0.1, 0.15) is 25.0 Å². The number of ether oxygens (including phenoxy) is 1. The molecule has 0 saturated carbocycles. The van der Waals surface area contributed by atoms with Gasteiger partial charge in [0.15, 0.2) is 0 Å². The van der Waals surface area contributed by atoms with Crippen LogP contribution in [0.4, 0.5) is 17.1 Å². The van der Waals surface area contributed by atoms with E-state index < -0.39 is 0 Å². The number of hydrogen-bond acceptors (Lipinski definition) is 2. The predicted molar refractivity (Wildman–Crippen MR) is 187 cm³/mol. The molecule has 0 fully saturated rings. The molecule has 0 aromatic heterocycles. The van der Waals surface area contributed by atoms with Crippen LogP contribution in [-0.4, -0.2) is 0 Å². The van der Waals surface area contributed by atoms with Gasteiger partial charge in [0.05, 0.1) is 5.69 Å². The zero-order valence-electron chi connectivity index (χ0n) is 25.3. The minimum atomic E-state index is -0.109. The molecule has 7 aromatic rings. The summed E-state index contributed by atoms with van der Waals surface area (Å²) in [5, 5.41) is 2.24. The number of hydrogen-bond donors (Lipinski definition) is 0. The number of nitrogens with zero attached hydrogens (tertiary/aromatic N) is 1. The normalized spacial score (nSPS) is 13.5. The van der Waals surface area contributed by atoms with E-state index >= 15 is 0 Å². The molecule has 0 spiro atoms. The van der Waals surface area contributed by atoms with Gasteiger partial charge in [0.2, 0.25) is 0 Å². The molecule has 0 amide bonds. The minimum absolute atomic E-state index is 0.109. The maximum atomic E-state index is 6.98. The van der Waals surface area contributed by atoms with E-state index in [1.807, 2.05) is 0 Å². The van der Waals surface area contributed by atoms with Crippen LogP contribution in [0, 0.1) is 0 Å². The molecule has 1 heterocycles. The highest BCUT2D eigenvalue weighted by molar-refractivity contribution is 6.08. The van der Waals surface area contributed by atoms with Crippen LogP contribution in [0.15, 0.2) is 152 Å². The molecule has 2 nitrogen and oxygen atoms in total. The zero-order valence-corrected chi connectivity index (χ0v) is 25.3. The molecule has 0 unspecified atom stereocenters. The van der Waals surface area contributed by atoms with Gasteiger partial charge in [-0.1, -0.05) is 129 Å². The van der Waals surface area contributed by atoms with Crippen LogP contribution in [0.3, 0.4) is 0 Å². The molecule has 9 rings (SSSR count). The Balaban J connectivity index is 1.37. The number of benzene rings is 7. The summed E-state index contributed by atoms with van der Waals surface area (Å²) in [6, 6.07) is 54.6. The van der Waals surface area contributed by atoms with Crippen molar-refractivity contribution in [2.45, 2.75) is 19.3 Å². The molecular formula is C43H31NO. The van der Waals surface area contributed by atoms with Gasteiger partial charge in [-0.15, -0.1) is 0 Å². The molecule has 7 aromatic carbocycles. The van der Waals surface area contributed by atoms with Crippen molar-refractivity contribution < 1.29 is 4.74 Å². The summed E-state index contributed by atoms with van der Waals surface area (Å²) < 4.78 is 6.98. The van der Waals surface area contributed by atoms with Crippen LogP contribution in [0.25, 0.3) is 44.2 Å². The number of fused-ring (bicyclic) bond motifs is 10. The Morgan fingerprint density at radius 3 is 1.98 bits per heavy atom. The summed E-state index contributed by atoms with van der Waals surface area (Å²) >= 11 is 0. The fourth-order valence-corrected chi connectivity index (χ4v) is 7.50. The molecule has 214 valence electrons. The number of anilines is 3. The lowest BCUT2D eigenvalue weighted by atomic mass is 9.82. The molecule has 1 aliphatic carbocycles. The molecule has 0 N–H and O–H groups in total. The van der Waals surface area contributed by atoms with E-state index in [1.54, 1.807) is 0 Å². The highest BCUT2D eigenvalue weighted by Gasteiger charge is 2.36. The summed E-state index contributed by atoms with van der Waals surface area (Å²) in [5.41, 5.74) is 13.1. The lowest BCUT2D eigenvalue weighted by Crippen LogP contribution is -2.17. The molecule has 2 heteroatoms. The third kappa shape index (κ3) is 3.82. The molecule has 0 saturated heterocycles. The number of rotatable bonds is 3. The molecule has 1 aliphatic heterocycles. The van der Waals surface area contributed by atoms with Crippen LogP contribution < -0.4 is 9.64 Å². The van der Waals surface area contributed by atoms with Crippen molar-refractivity contribution in [1.82, 2.24) is 0 Å².